The van der Waals surface area contributed by atoms with E-state index in [4.69, 9.17) is 0 Å². The van der Waals surface area contributed by atoms with Crippen LogP contribution in [0.4, 0.5) is 5.69 Å². The molecule has 1 aliphatic heterocycles. The Hall–Kier alpha value is -2.43. The zero-order chi connectivity index (χ0) is 18.7. The molecule has 1 fully saturated rings. The zero-order valence-corrected chi connectivity index (χ0v) is 15.4. The molecule has 5 heteroatoms. The van der Waals surface area contributed by atoms with Gasteiger partial charge in [0, 0.05) is 18.7 Å². The molecule has 0 spiro atoms. The average Bonchev–Trinajstić information content (AvgIpc) is 2.91. The second-order valence-corrected chi connectivity index (χ2v) is 7.18. The molecule has 1 aromatic rings. The zero-order valence-electron chi connectivity index (χ0n) is 15.4. The van der Waals surface area contributed by atoms with Crippen molar-refractivity contribution in [2.45, 2.75) is 45.4 Å². The number of amides is 3. The fraction of sp³-hybridized carbons (Fsp3) is 0.476. The van der Waals surface area contributed by atoms with Gasteiger partial charge in [0.1, 0.15) is 0 Å². The van der Waals surface area contributed by atoms with Gasteiger partial charge < -0.3 is 5.32 Å². The molecule has 3 atom stereocenters. The van der Waals surface area contributed by atoms with Gasteiger partial charge >= 0.3 is 0 Å². The quantitative estimate of drug-likeness (QED) is 0.628. The third kappa shape index (κ3) is 3.57. The van der Waals surface area contributed by atoms with E-state index in [1.807, 2.05) is 36.4 Å². The van der Waals surface area contributed by atoms with Crippen LogP contribution in [0.1, 0.15) is 51.0 Å². The Morgan fingerprint density at radius 2 is 1.77 bits per heavy atom. The fourth-order valence-corrected chi connectivity index (χ4v) is 3.78. The summed E-state index contributed by atoms with van der Waals surface area (Å²) in [6.45, 7) is 4.40. The monoisotopic (exact) mass is 354 g/mol. The van der Waals surface area contributed by atoms with Gasteiger partial charge in [0.2, 0.25) is 17.7 Å². The van der Waals surface area contributed by atoms with Crippen molar-refractivity contribution in [2.75, 3.05) is 11.9 Å². The molecule has 0 aromatic heterocycles. The maximum atomic E-state index is 12.4. The number of likely N-dealkylation sites (tertiary alicyclic amines) is 1. The van der Waals surface area contributed by atoms with E-state index in [9.17, 15) is 14.4 Å². The predicted molar refractivity (Wildman–Crippen MR) is 100 cm³/mol. The Bertz CT molecular complexity index is 715. The van der Waals surface area contributed by atoms with Gasteiger partial charge in [-0.05, 0) is 36.8 Å². The lowest BCUT2D eigenvalue weighted by Gasteiger charge is -2.17. The minimum absolute atomic E-state index is 0.124. The first-order valence-corrected chi connectivity index (χ1v) is 9.42. The van der Waals surface area contributed by atoms with Gasteiger partial charge in [0.25, 0.3) is 0 Å². The molecule has 0 saturated carbocycles. The van der Waals surface area contributed by atoms with Crippen molar-refractivity contribution in [3.63, 3.8) is 0 Å². The van der Waals surface area contributed by atoms with Gasteiger partial charge in [-0.15, -0.1) is 0 Å². The molecule has 2 aliphatic rings. The van der Waals surface area contributed by atoms with E-state index in [-0.39, 0.29) is 42.5 Å². The van der Waals surface area contributed by atoms with Crippen molar-refractivity contribution in [3.8, 4) is 0 Å². The van der Waals surface area contributed by atoms with Gasteiger partial charge in [-0.1, -0.05) is 44.2 Å². The van der Waals surface area contributed by atoms with Crippen molar-refractivity contribution in [1.82, 2.24) is 4.90 Å². The smallest absolute Gasteiger partial charge is 0.233 e. The van der Waals surface area contributed by atoms with Crippen LogP contribution in [-0.2, 0) is 14.4 Å². The summed E-state index contributed by atoms with van der Waals surface area (Å²) in [5.41, 5.74) is 1.91. The lowest BCUT2D eigenvalue weighted by Crippen LogP contribution is -2.34. The second-order valence-electron chi connectivity index (χ2n) is 7.18. The highest BCUT2D eigenvalue weighted by atomic mass is 16.2. The van der Waals surface area contributed by atoms with Crippen LogP contribution >= 0.6 is 0 Å². The minimum Gasteiger partial charge on any atom is -0.326 e. The number of hydrogen-bond acceptors (Lipinski definition) is 3. The van der Waals surface area contributed by atoms with E-state index in [2.05, 4.69) is 19.2 Å². The highest BCUT2D eigenvalue weighted by molar-refractivity contribution is 6.05. The van der Waals surface area contributed by atoms with Gasteiger partial charge in [0.15, 0.2) is 0 Å². The molecule has 3 rings (SSSR count). The summed E-state index contributed by atoms with van der Waals surface area (Å²) >= 11 is 0. The topological polar surface area (TPSA) is 66.5 Å². The Balaban J connectivity index is 1.60. The predicted octanol–water partition coefficient (Wildman–Crippen LogP) is 3.48. The number of anilines is 1. The van der Waals surface area contributed by atoms with Crippen molar-refractivity contribution < 1.29 is 14.4 Å². The lowest BCUT2D eigenvalue weighted by molar-refractivity contribution is -0.140. The molecular formula is C21H26N2O3. The standard InChI is InChI=1S/C21H26N2O3/c1-3-14(2)15-8-6-7-11-18(15)22-19(24)12-13-23-20(25)16-9-4-5-10-17(16)21(23)26/h4-8,11,14,16-17H,3,9-10,12-13H2,1-2H3,(H,22,24)/t14-,16-,17+/m1/s1. The SMILES string of the molecule is CC[C@@H](C)c1ccccc1NC(=O)CCN1C(=O)[C@H]2CC=CC[C@H]2C1=O. The molecule has 0 unspecified atom stereocenters. The van der Waals surface area contributed by atoms with Crippen LogP contribution < -0.4 is 5.32 Å². The number of carbonyl (C=O) groups excluding carboxylic acids is 3. The molecule has 1 aliphatic carbocycles. The number of nitrogens with zero attached hydrogens (tertiary/aromatic N) is 1. The number of allylic oxidation sites excluding steroid dienone is 2. The van der Waals surface area contributed by atoms with Gasteiger partial charge in [-0.2, -0.15) is 0 Å². The molecule has 138 valence electrons. The average molecular weight is 354 g/mol. The van der Waals surface area contributed by atoms with Crippen LogP contribution in [0.3, 0.4) is 0 Å². The maximum Gasteiger partial charge on any atom is 0.233 e. The highest BCUT2D eigenvalue weighted by Gasteiger charge is 2.46. The number of rotatable bonds is 6. The van der Waals surface area contributed by atoms with Gasteiger partial charge in [0.05, 0.1) is 11.8 Å². The number of nitrogens with one attached hydrogen (secondary N) is 1. The van der Waals surface area contributed by atoms with E-state index in [0.717, 1.165) is 17.7 Å². The van der Waals surface area contributed by atoms with Crippen molar-refractivity contribution >= 4 is 23.4 Å². The highest BCUT2D eigenvalue weighted by Crippen LogP contribution is 2.35. The number of benzene rings is 1. The van der Waals surface area contributed by atoms with Crippen LogP contribution in [-0.4, -0.2) is 29.2 Å². The normalized spacial score (nSPS) is 23.1. The molecule has 26 heavy (non-hydrogen) atoms. The summed E-state index contributed by atoms with van der Waals surface area (Å²) in [6.07, 6.45) is 6.29. The Morgan fingerprint density at radius 1 is 1.15 bits per heavy atom. The van der Waals surface area contributed by atoms with Crippen LogP contribution in [0.2, 0.25) is 0 Å². The summed E-state index contributed by atoms with van der Waals surface area (Å²) in [5.74, 6) is -0.545. The van der Waals surface area contributed by atoms with E-state index in [1.165, 1.54) is 4.90 Å². The summed E-state index contributed by atoms with van der Waals surface area (Å²) in [7, 11) is 0. The van der Waals surface area contributed by atoms with E-state index in [0.29, 0.717) is 18.8 Å². The lowest BCUT2D eigenvalue weighted by atomic mass is 9.85. The molecule has 1 aromatic carbocycles. The molecule has 5 nitrogen and oxygen atoms in total. The Kier molecular flexibility index (Phi) is 5.55. The third-order valence-corrected chi connectivity index (χ3v) is 5.54. The molecular weight excluding hydrogens is 328 g/mol. The fourth-order valence-electron chi connectivity index (χ4n) is 3.78. The van der Waals surface area contributed by atoms with Crippen molar-refractivity contribution in [3.05, 3.63) is 42.0 Å². The minimum atomic E-state index is -0.235. The maximum absolute atomic E-state index is 12.4. The summed E-state index contributed by atoms with van der Waals surface area (Å²) in [6, 6.07) is 7.78. The number of fused-ring (bicyclic) bond motifs is 1. The van der Waals surface area contributed by atoms with Crippen molar-refractivity contribution in [1.29, 1.82) is 0 Å². The molecule has 3 amide bonds. The Morgan fingerprint density at radius 3 is 2.38 bits per heavy atom. The number of carbonyl (C=O) groups is 3. The molecule has 1 saturated heterocycles. The van der Waals surface area contributed by atoms with Crippen LogP contribution in [0.25, 0.3) is 0 Å². The largest absolute Gasteiger partial charge is 0.326 e. The van der Waals surface area contributed by atoms with Gasteiger partial charge in [-0.25, -0.2) is 0 Å². The first-order chi connectivity index (χ1) is 12.5. The van der Waals surface area contributed by atoms with Crippen LogP contribution in [0, 0.1) is 11.8 Å². The summed E-state index contributed by atoms with van der Waals surface area (Å²) < 4.78 is 0. The molecule has 0 bridgehead atoms. The van der Waals surface area contributed by atoms with E-state index >= 15 is 0 Å². The van der Waals surface area contributed by atoms with Crippen LogP contribution in [0.5, 0.6) is 0 Å². The first-order valence-electron chi connectivity index (χ1n) is 9.42. The second kappa shape index (κ2) is 7.85. The molecule has 0 radical (unpaired) electrons. The number of imide groups is 1. The number of hydrogen-bond donors (Lipinski definition) is 1. The van der Waals surface area contributed by atoms with Crippen molar-refractivity contribution in [2.24, 2.45) is 11.8 Å². The van der Waals surface area contributed by atoms with Gasteiger partial charge in [-0.3, -0.25) is 19.3 Å². The third-order valence-electron chi connectivity index (χ3n) is 5.54. The van der Waals surface area contributed by atoms with Crippen LogP contribution in [0.15, 0.2) is 36.4 Å². The Labute approximate surface area is 154 Å². The molecule has 1 N–H and O–H groups in total. The number of para-hydroxylation sites is 1. The van der Waals surface area contributed by atoms with E-state index < -0.39 is 0 Å². The first kappa shape index (κ1) is 18.4. The van der Waals surface area contributed by atoms with E-state index in [1.54, 1.807) is 0 Å². The summed E-state index contributed by atoms with van der Waals surface area (Å²) in [5, 5.41) is 2.94. The summed E-state index contributed by atoms with van der Waals surface area (Å²) in [4.78, 5) is 38.6. The molecule has 1 heterocycles.